The topological polar surface area (TPSA) is 67.8 Å². The predicted octanol–water partition coefficient (Wildman–Crippen LogP) is 3.01. The minimum absolute atomic E-state index is 0.274. The predicted molar refractivity (Wildman–Crippen MR) is 84.6 cm³/mol. The van der Waals surface area contributed by atoms with Crippen LogP contribution in [0.25, 0.3) is 0 Å². The Bertz CT molecular complexity index is 650. The number of carbonyl (C=O) groups excluding carboxylic acids is 1. The minimum atomic E-state index is -0.536. The summed E-state index contributed by atoms with van der Waals surface area (Å²) in [6, 6.07) is 12.0. The van der Waals surface area contributed by atoms with Crippen LogP contribution in [0, 0.1) is 0 Å². The van der Waals surface area contributed by atoms with Crippen molar-refractivity contribution in [1.29, 1.82) is 0 Å². The molecule has 0 radical (unpaired) electrons. The highest BCUT2D eigenvalue weighted by molar-refractivity contribution is 6.06. The highest BCUT2D eigenvalue weighted by Crippen LogP contribution is 2.25. The number of benzene rings is 2. The van der Waals surface area contributed by atoms with E-state index in [9.17, 15) is 9.90 Å². The lowest BCUT2D eigenvalue weighted by molar-refractivity contribution is 0.102. The third-order valence-electron chi connectivity index (χ3n) is 3.30. The van der Waals surface area contributed by atoms with Crippen LogP contribution in [-0.4, -0.2) is 25.2 Å². The zero-order valence-corrected chi connectivity index (χ0v) is 12.8. The molecule has 0 aliphatic rings. The van der Waals surface area contributed by atoms with Crippen LogP contribution in [-0.2, 0) is 0 Å². The van der Waals surface area contributed by atoms with Gasteiger partial charge in [-0.05, 0) is 36.8 Å². The van der Waals surface area contributed by atoms with Gasteiger partial charge in [0.05, 0.1) is 25.9 Å². The molecule has 22 heavy (non-hydrogen) atoms. The Kier molecular flexibility index (Phi) is 5.01. The number of rotatable bonds is 5. The van der Waals surface area contributed by atoms with Crippen molar-refractivity contribution in [3.05, 3.63) is 53.6 Å². The summed E-state index contributed by atoms with van der Waals surface area (Å²) in [5.41, 5.74) is 1.86. The fourth-order valence-corrected chi connectivity index (χ4v) is 2.03. The molecule has 0 aliphatic carbocycles. The van der Waals surface area contributed by atoms with Crippen LogP contribution in [0.1, 0.15) is 28.9 Å². The minimum Gasteiger partial charge on any atom is -0.497 e. The van der Waals surface area contributed by atoms with Gasteiger partial charge in [0.1, 0.15) is 11.5 Å². The number of amides is 1. The third kappa shape index (κ3) is 3.56. The van der Waals surface area contributed by atoms with Crippen molar-refractivity contribution >= 4 is 11.6 Å². The lowest BCUT2D eigenvalue weighted by atomic mass is 10.1. The largest absolute Gasteiger partial charge is 0.497 e. The number of carbonyl (C=O) groups is 1. The summed E-state index contributed by atoms with van der Waals surface area (Å²) in [6.07, 6.45) is -0.536. The first-order chi connectivity index (χ1) is 10.5. The van der Waals surface area contributed by atoms with E-state index in [1.165, 1.54) is 7.11 Å². The second-order valence-electron chi connectivity index (χ2n) is 4.82. The van der Waals surface area contributed by atoms with Crippen molar-refractivity contribution in [1.82, 2.24) is 0 Å². The number of nitrogens with one attached hydrogen (secondary N) is 1. The normalized spacial score (nSPS) is 11.6. The molecule has 0 aliphatic heterocycles. The first-order valence-corrected chi connectivity index (χ1v) is 6.86. The summed E-state index contributed by atoms with van der Waals surface area (Å²) in [7, 11) is 3.06. The Morgan fingerprint density at radius 2 is 1.77 bits per heavy atom. The fourth-order valence-electron chi connectivity index (χ4n) is 2.03. The number of hydrogen-bond donors (Lipinski definition) is 2. The summed E-state index contributed by atoms with van der Waals surface area (Å²) >= 11 is 0. The molecule has 2 N–H and O–H groups in total. The molecule has 0 fully saturated rings. The van der Waals surface area contributed by atoms with E-state index in [0.29, 0.717) is 22.7 Å². The molecule has 0 unspecified atom stereocenters. The maximum atomic E-state index is 12.3. The van der Waals surface area contributed by atoms with Gasteiger partial charge in [0.25, 0.3) is 5.91 Å². The SMILES string of the molecule is COc1ccc(C(=O)Nc2ccc([C@H](C)O)cc2)c(OC)c1. The molecule has 0 heterocycles. The molecule has 0 spiro atoms. The lowest BCUT2D eigenvalue weighted by Crippen LogP contribution is -2.13. The van der Waals surface area contributed by atoms with Crippen LogP contribution in [0.3, 0.4) is 0 Å². The van der Waals surface area contributed by atoms with E-state index in [4.69, 9.17) is 9.47 Å². The zero-order valence-electron chi connectivity index (χ0n) is 12.8. The number of ether oxygens (including phenoxy) is 2. The Balaban J connectivity index is 2.18. The van der Waals surface area contributed by atoms with E-state index in [0.717, 1.165) is 5.56 Å². The molecule has 0 saturated carbocycles. The van der Waals surface area contributed by atoms with Gasteiger partial charge >= 0.3 is 0 Å². The molecule has 0 saturated heterocycles. The van der Waals surface area contributed by atoms with Crippen LogP contribution in [0.5, 0.6) is 11.5 Å². The van der Waals surface area contributed by atoms with Crippen LogP contribution in [0.2, 0.25) is 0 Å². The van der Waals surface area contributed by atoms with E-state index in [1.807, 2.05) is 0 Å². The quantitative estimate of drug-likeness (QED) is 0.891. The summed E-state index contributed by atoms with van der Waals surface area (Å²) in [5.74, 6) is 0.788. The van der Waals surface area contributed by atoms with E-state index < -0.39 is 6.10 Å². The molecule has 2 aromatic rings. The monoisotopic (exact) mass is 301 g/mol. The summed E-state index contributed by atoms with van der Waals surface area (Å²) in [6.45, 7) is 1.69. The number of anilines is 1. The van der Waals surface area contributed by atoms with Crippen molar-refractivity contribution < 1.29 is 19.4 Å². The molecule has 116 valence electrons. The summed E-state index contributed by atoms with van der Waals surface area (Å²) < 4.78 is 10.3. The first-order valence-electron chi connectivity index (χ1n) is 6.86. The van der Waals surface area contributed by atoms with Crippen LogP contribution in [0.15, 0.2) is 42.5 Å². The van der Waals surface area contributed by atoms with Crippen LogP contribution >= 0.6 is 0 Å². The Morgan fingerprint density at radius 1 is 1.09 bits per heavy atom. The molecular weight excluding hydrogens is 282 g/mol. The van der Waals surface area contributed by atoms with Gasteiger partial charge < -0.3 is 19.9 Å². The molecule has 5 heteroatoms. The maximum Gasteiger partial charge on any atom is 0.259 e. The number of aliphatic hydroxyl groups excluding tert-OH is 1. The second-order valence-corrected chi connectivity index (χ2v) is 4.82. The van der Waals surface area contributed by atoms with E-state index in [2.05, 4.69) is 5.32 Å². The van der Waals surface area contributed by atoms with Gasteiger partial charge in [-0.15, -0.1) is 0 Å². The van der Waals surface area contributed by atoms with Gasteiger partial charge in [0, 0.05) is 11.8 Å². The molecule has 1 atom stereocenters. The van der Waals surface area contributed by atoms with E-state index in [1.54, 1.807) is 56.5 Å². The Hall–Kier alpha value is -2.53. The Labute approximate surface area is 129 Å². The van der Waals surface area contributed by atoms with Crippen molar-refractivity contribution in [2.45, 2.75) is 13.0 Å². The Morgan fingerprint density at radius 3 is 2.32 bits per heavy atom. The number of hydrogen-bond acceptors (Lipinski definition) is 4. The van der Waals surface area contributed by atoms with Gasteiger partial charge in [0.2, 0.25) is 0 Å². The first kappa shape index (κ1) is 15.9. The van der Waals surface area contributed by atoms with Gasteiger partial charge in [0.15, 0.2) is 0 Å². The van der Waals surface area contributed by atoms with Crippen LogP contribution < -0.4 is 14.8 Å². The highest BCUT2D eigenvalue weighted by atomic mass is 16.5. The van der Waals surface area contributed by atoms with Gasteiger partial charge in [-0.3, -0.25) is 4.79 Å². The molecule has 2 aromatic carbocycles. The van der Waals surface area contributed by atoms with Crippen molar-refractivity contribution in [3.63, 3.8) is 0 Å². The van der Waals surface area contributed by atoms with E-state index in [-0.39, 0.29) is 5.91 Å². The lowest BCUT2D eigenvalue weighted by Gasteiger charge is -2.11. The third-order valence-corrected chi connectivity index (χ3v) is 3.30. The number of aliphatic hydroxyl groups is 1. The van der Waals surface area contributed by atoms with Crippen molar-refractivity contribution in [3.8, 4) is 11.5 Å². The molecule has 1 amide bonds. The molecule has 0 bridgehead atoms. The summed E-state index contributed by atoms with van der Waals surface area (Å²) in [5, 5.41) is 12.3. The standard InChI is InChI=1S/C17H19NO4/c1-11(19)12-4-6-13(7-5-12)18-17(20)15-9-8-14(21-2)10-16(15)22-3/h4-11,19H,1-3H3,(H,18,20)/t11-/m0/s1. The second kappa shape index (κ2) is 6.95. The molecule has 5 nitrogen and oxygen atoms in total. The average molecular weight is 301 g/mol. The smallest absolute Gasteiger partial charge is 0.259 e. The van der Waals surface area contributed by atoms with Gasteiger partial charge in [-0.2, -0.15) is 0 Å². The van der Waals surface area contributed by atoms with Gasteiger partial charge in [-0.1, -0.05) is 12.1 Å². The molecule has 0 aromatic heterocycles. The van der Waals surface area contributed by atoms with Crippen molar-refractivity contribution in [2.24, 2.45) is 0 Å². The molecular formula is C17H19NO4. The summed E-state index contributed by atoms with van der Waals surface area (Å²) in [4.78, 5) is 12.3. The molecule has 2 rings (SSSR count). The van der Waals surface area contributed by atoms with Crippen molar-refractivity contribution in [2.75, 3.05) is 19.5 Å². The average Bonchev–Trinajstić information content (AvgIpc) is 2.54. The van der Waals surface area contributed by atoms with E-state index >= 15 is 0 Å². The maximum absolute atomic E-state index is 12.3. The highest BCUT2D eigenvalue weighted by Gasteiger charge is 2.13. The number of methoxy groups -OCH3 is 2. The van der Waals surface area contributed by atoms with Crippen LogP contribution in [0.4, 0.5) is 5.69 Å². The fraction of sp³-hybridized carbons (Fsp3) is 0.235. The zero-order chi connectivity index (χ0) is 16.1. The van der Waals surface area contributed by atoms with Gasteiger partial charge in [-0.25, -0.2) is 0 Å².